The summed E-state index contributed by atoms with van der Waals surface area (Å²) < 4.78 is 5.22. The second-order valence-corrected chi connectivity index (χ2v) is 6.75. The molecule has 3 rings (SSSR count). The molecule has 0 atom stereocenters. The van der Waals surface area contributed by atoms with Crippen LogP contribution in [0.3, 0.4) is 0 Å². The number of hydrogen-bond acceptors (Lipinski definition) is 5. The summed E-state index contributed by atoms with van der Waals surface area (Å²) in [7, 11) is 1.67. The van der Waals surface area contributed by atoms with Crippen LogP contribution in [0.15, 0.2) is 54.6 Å². The molecule has 6 nitrogen and oxygen atoms in total. The highest BCUT2D eigenvalue weighted by Gasteiger charge is 2.22. The molecule has 1 aliphatic rings. The van der Waals surface area contributed by atoms with Gasteiger partial charge in [0.05, 0.1) is 26.1 Å². The van der Waals surface area contributed by atoms with Crippen LogP contribution in [0.25, 0.3) is 0 Å². The van der Waals surface area contributed by atoms with Crippen LogP contribution in [0.5, 0.6) is 5.75 Å². The number of rotatable bonds is 7. The van der Waals surface area contributed by atoms with Crippen LogP contribution in [0, 0.1) is 11.3 Å². The molecule has 2 aromatic rings. The fraction of sp³-hybridized carbons (Fsp3) is 0.364. The number of methoxy groups -OCH3 is 1. The molecule has 0 saturated carbocycles. The monoisotopic (exact) mass is 378 g/mol. The van der Waals surface area contributed by atoms with E-state index in [9.17, 15) is 4.79 Å². The quantitative estimate of drug-likeness (QED) is 0.741. The van der Waals surface area contributed by atoms with Crippen molar-refractivity contribution in [2.75, 3.05) is 56.2 Å². The summed E-state index contributed by atoms with van der Waals surface area (Å²) in [5, 5.41) is 8.92. The van der Waals surface area contributed by atoms with E-state index in [-0.39, 0.29) is 5.91 Å². The summed E-state index contributed by atoms with van der Waals surface area (Å²) in [5.41, 5.74) is 2.02. The summed E-state index contributed by atoms with van der Waals surface area (Å²) >= 11 is 0. The summed E-state index contributed by atoms with van der Waals surface area (Å²) in [4.78, 5) is 19.1. The lowest BCUT2D eigenvalue weighted by molar-refractivity contribution is -0.119. The first-order chi connectivity index (χ1) is 13.7. The van der Waals surface area contributed by atoms with Crippen molar-refractivity contribution in [3.05, 3.63) is 54.6 Å². The van der Waals surface area contributed by atoms with Crippen molar-refractivity contribution in [1.82, 2.24) is 4.90 Å². The SMILES string of the molecule is COc1ccc(N2CCN(CC(=O)N(CCC#N)c3ccccc3)CC2)cc1. The second kappa shape index (κ2) is 9.77. The third kappa shape index (κ3) is 5.02. The first-order valence-electron chi connectivity index (χ1n) is 9.55. The zero-order valence-electron chi connectivity index (χ0n) is 16.3. The average Bonchev–Trinajstić information content (AvgIpc) is 2.75. The molecule has 146 valence electrons. The molecular formula is C22H26N4O2. The van der Waals surface area contributed by atoms with E-state index < -0.39 is 0 Å². The molecule has 1 saturated heterocycles. The van der Waals surface area contributed by atoms with Crippen LogP contribution in [-0.2, 0) is 4.79 Å². The van der Waals surface area contributed by atoms with Crippen LogP contribution in [0.1, 0.15) is 6.42 Å². The van der Waals surface area contributed by atoms with Crippen molar-refractivity contribution in [2.45, 2.75) is 6.42 Å². The zero-order valence-corrected chi connectivity index (χ0v) is 16.3. The number of hydrogen-bond donors (Lipinski definition) is 0. The maximum Gasteiger partial charge on any atom is 0.241 e. The van der Waals surface area contributed by atoms with E-state index in [4.69, 9.17) is 10.00 Å². The summed E-state index contributed by atoms with van der Waals surface area (Å²) in [5.74, 6) is 0.894. The van der Waals surface area contributed by atoms with Crippen molar-refractivity contribution in [2.24, 2.45) is 0 Å². The number of nitrogens with zero attached hydrogens (tertiary/aromatic N) is 4. The van der Waals surface area contributed by atoms with E-state index in [1.165, 1.54) is 5.69 Å². The lowest BCUT2D eigenvalue weighted by Gasteiger charge is -2.36. The Balaban J connectivity index is 1.56. The largest absolute Gasteiger partial charge is 0.497 e. The molecule has 1 amide bonds. The van der Waals surface area contributed by atoms with E-state index in [1.54, 1.807) is 12.0 Å². The maximum atomic E-state index is 12.9. The third-order valence-corrected chi connectivity index (χ3v) is 4.98. The van der Waals surface area contributed by atoms with Crippen molar-refractivity contribution in [3.8, 4) is 11.8 Å². The lowest BCUT2D eigenvalue weighted by atomic mass is 10.2. The van der Waals surface area contributed by atoms with Gasteiger partial charge in [-0.05, 0) is 36.4 Å². The minimum absolute atomic E-state index is 0.0411. The second-order valence-electron chi connectivity index (χ2n) is 6.75. The van der Waals surface area contributed by atoms with Gasteiger partial charge in [0, 0.05) is 44.1 Å². The van der Waals surface area contributed by atoms with E-state index in [0.29, 0.717) is 19.5 Å². The van der Waals surface area contributed by atoms with E-state index in [2.05, 4.69) is 28.0 Å². The molecular weight excluding hydrogens is 352 g/mol. The summed E-state index contributed by atoms with van der Waals surface area (Å²) in [6.45, 7) is 4.21. The average molecular weight is 378 g/mol. The maximum absolute atomic E-state index is 12.9. The molecule has 0 unspecified atom stereocenters. The molecule has 6 heteroatoms. The van der Waals surface area contributed by atoms with Gasteiger partial charge in [-0.3, -0.25) is 9.69 Å². The first-order valence-corrected chi connectivity index (χ1v) is 9.55. The molecule has 0 aliphatic carbocycles. The number of anilines is 2. The highest BCUT2D eigenvalue weighted by Crippen LogP contribution is 2.21. The Kier molecular flexibility index (Phi) is 6.88. The van der Waals surface area contributed by atoms with Gasteiger partial charge >= 0.3 is 0 Å². The van der Waals surface area contributed by atoms with Crippen molar-refractivity contribution < 1.29 is 9.53 Å². The van der Waals surface area contributed by atoms with Crippen molar-refractivity contribution in [3.63, 3.8) is 0 Å². The number of ether oxygens (including phenoxy) is 1. The summed E-state index contributed by atoms with van der Waals surface area (Å²) in [6.07, 6.45) is 0.325. The number of nitriles is 1. The molecule has 0 radical (unpaired) electrons. The van der Waals surface area contributed by atoms with Gasteiger partial charge in [0.1, 0.15) is 5.75 Å². The van der Waals surface area contributed by atoms with Crippen molar-refractivity contribution in [1.29, 1.82) is 5.26 Å². The van der Waals surface area contributed by atoms with Gasteiger partial charge in [-0.2, -0.15) is 5.26 Å². The predicted octanol–water partition coefficient (Wildman–Crippen LogP) is 2.76. The number of carbonyl (C=O) groups excluding carboxylic acids is 1. The Morgan fingerprint density at radius 2 is 1.75 bits per heavy atom. The van der Waals surface area contributed by atoms with Crippen LogP contribution >= 0.6 is 0 Å². The standard InChI is InChI=1S/C22H26N4O2/c1-28-21-10-8-19(9-11-21)25-16-14-24(15-17-25)18-22(27)26(13-5-12-23)20-6-3-2-4-7-20/h2-4,6-11H,5,13-18H2,1H3. The van der Waals surface area contributed by atoms with E-state index in [0.717, 1.165) is 37.6 Å². The normalized spacial score (nSPS) is 14.4. The molecule has 28 heavy (non-hydrogen) atoms. The van der Waals surface area contributed by atoms with Gasteiger partial charge in [-0.25, -0.2) is 0 Å². The molecule has 2 aromatic carbocycles. The van der Waals surface area contributed by atoms with Gasteiger partial charge in [0.15, 0.2) is 0 Å². The first kappa shape index (κ1) is 19.7. The Morgan fingerprint density at radius 1 is 1.07 bits per heavy atom. The molecule has 0 bridgehead atoms. The van der Waals surface area contributed by atoms with Crippen LogP contribution in [-0.4, -0.2) is 57.2 Å². The number of amides is 1. The van der Waals surface area contributed by atoms with E-state index in [1.807, 2.05) is 42.5 Å². The number of para-hydroxylation sites is 1. The fourth-order valence-electron chi connectivity index (χ4n) is 3.40. The highest BCUT2D eigenvalue weighted by atomic mass is 16.5. The van der Waals surface area contributed by atoms with Gasteiger partial charge in [0.2, 0.25) is 5.91 Å². The topological polar surface area (TPSA) is 59.8 Å². The Morgan fingerprint density at radius 3 is 2.36 bits per heavy atom. The number of benzene rings is 2. The predicted molar refractivity (Wildman–Crippen MR) is 111 cm³/mol. The Bertz CT molecular complexity index is 794. The van der Waals surface area contributed by atoms with E-state index >= 15 is 0 Å². The number of piperazine rings is 1. The molecule has 1 aliphatic heterocycles. The number of carbonyl (C=O) groups is 1. The lowest BCUT2D eigenvalue weighted by Crippen LogP contribution is -2.50. The van der Waals surface area contributed by atoms with Gasteiger partial charge in [-0.1, -0.05) is 18.2 Å². The molecule has 1 fully saturated rings. The Hall–Kier alpha value is -3.04. The van der Waals surface area contributed by atoms with Gasteiger partial charge < -0.3 is 14.5 Å². The molecule has 0 aromatic heterocycles. The highest BCUT2D eigenvalue weighted by molar-refractivity contribution is 5.94. The zero-order chi connectivity index (χ0) is 19.8. The fourth-order valence-corrected chi connectivity index (χ4v) is 3.40. The van der Waals surface area contributed by atoms with Gasteiger partial charge in [0.25, 0.3) is 0 Å². The summed E-state index contributed by atoms with van der Waals surface area (Å²) in [6, 6.07) is 19.8. The molecule has 0 N–H and O–H groups in total. The molecule has 0 spiro atoms. The minimum atomic E-state index is 0.0411. The van der Waals surface area contributed by atoms with Crippen LogP contribution in [0.4, 0.5) is 11.4 Å². The van der Waals surface area contributed by atoms with Gasteiger partial charge in [-0.15, -0.1) is 0 Å². The minimum Gasteiger partial charge on any atom is -0.497 e. The smallest absolute Gasteiger partial charge is 0.241 e. The van der Waals surface area contributed by atoms with Crippen LogP contribution in [0.2, 0.25) is 0 Å². The third-order valence-electron chi connectivity index (χ3n) is 4.98. The van der Waals surface area contributed by atoms with Crippen molar-refractivity contribution >= 4 is 17.3 Å². The molecule has 1 heterocycles. The van der Waals surface area contributed by atoms with Crippen LogP contribution < -0.4 is 14.5 Å². The Labute approximate surface area is 166 Å².